The van der Waals surface area contributed by atoms with Crippen LogP contribution in [0, 0.1) is 13.8 Å². The van der Waals surface area contributed by atoms with Crippen LogP contribution in [0.4, 0.5) is 5.69 Å². The molecule has 1 aromatic carbocycles. The van der Waals surface area contributed by atoms with Gasteiger partial charge < -0.3 is 10.6 Å². The summed E-state index contributed by atoms with van der Waals surface area (Å²) in [6, 6.07) is 8.20. The fourth-order valence-electron chi connectivity index (χ4n) is 2.19. The lowest BCUT2D eigenvalue weighted by Crippen LogP contribution is -2.32. The Labute approximate surface area is 125 Å². The van der Waals surface area contributed by atoms with Gasteiger partial charge in [0.1, 0.15) is 0 Å². The van der Waals surface area contributed by atoms with E-state index in [1.807, 2.05) is 26.0 Å². The second-order valence-electron chi connectivity index (χ2n) is 5.32. The fourth-order valence-corrected chi connectivity index (χ4v) is 2.19. The Morgan fingerprint density at radius 2 is 1.95 bits per heavy atom. The third-order valence-electron chi connectivity index (χ3n) is 3.47. The monoisotopic (exact) mass is 286 g/mol. The average Bonchev–Trinajstić information content (AvgIpc) is 2.80. The van der Waals surface area contributed by atoms with Crippen molar-refractivity contribution in [3.05, 3.63) is 46.8 Å². The number of nitrogens with two attached hydrogens (primary N) is 1. The number of aryl methyl sites for hydroxylation is 2. The molecule has 1 amide bonds. The van der Waals surface area contributed by atoms with Crippen molar-refractivity contribution in [3.8, 4) is 0 Å². The van der Waals surface area contributed by atoms with E-state index >= 15 is 0 Å². The van der Waals surface area contributed by atoms with Crippen molar-refractivity contribution in [1.29, 1.82) is 0 Å². The molecule has 0 bridgehead atoms. The van der Waals surface area contributed by atoms with Gasteiger partial charge in [-0.25, -0.2) is 0 Å². The molecule has 0 radical (unpaired) electrons. The minimum absolute atomic E-state index is 0.126. The fraction of sp³-hybridized carbons (Fsp3) is 0.375. The molecule has 5 heteroatoms. The van der Waals surface area contributed by atoms with Crippen LogP contribution in [0.5, 0.6) is 0 Å². The molecule has 0 saturated heterocycles. The molecule has 5 nitrogen and oxygen atoms in total. The number of anilines is 1. The molecule has 0 unspecified atom stereocenters. The Morgan fingerprint density at radius 1 is 1.29 bits per heavy atom. The van der Waals surface area contributed by atoms with E-state index in [4.69, 9.17) is 5.73 Å². The van der Waals surface area contributed by atoms with Gasteiger partial charge in [-0.2, -0.15) is 5.10 Å². The Bertz CT molecular complexity index is 616. The molecule has 112 valence electrons. The number of benzene rings is 1. The van der Waals surface area contributed by atoms with Crippen LogP contribution in [0.25, 0.3) is 0 Å². The molecular weight excluding hydrogens is 264 g/mol. The zero-order valence-corrected chi connectivity index (χ0v) is 12.8. The van der Waals surface area contributed by atoms with E-state index in [2.05, 4.69) is 29.3 Å². The van der Waals surface area contributed by atoms with Crippen LogP contribution in [-0.2, 0) is 6.54 Å². The highest BCUT2D eigenvalue weighted by Crippen LogP contribution is 2.17. The number of hydrogen-bond acceptors (Lipinski definition) is 3. The Hall–Kier alpha value is -2.30. The van der Waals surface area contributed by atoms with Gasteiger partial charge in [0.15, 0.2) is 5.69 Å². The van der Waals surface area contributed by atoms with Gasteiger partial charge in [-0.3, -0.25) is 9.89 Å². The van der Waals surface area contributed by atoms with Crippen LogP contribution in [0.2, 0.25) is 0 Å². The molecule has 1 heterocycles. The topological polar surface area (TPSA) is 75.0 Å². The molecular formula is C16H22N4O. The zero-order valence-electron chi connectivity index (χ0n) is 12.8. The molecule has 0 fully saturated rings. The maximum atomic E-state index is 12.6. The van der Waals surface area contributed by atoms with Gasteiger partial charge in [0, 0.05) is 13.1 Å². The smallest absolute Gasteiger partial charge is 0.276 e. The number of aromatic amines is 1. The second kappa shape index (κ2) is 6.43. The lowest BCUT2D eigenvalue weighted by Gasteiger charge is -2.21. The summed E-state index contributed by atoms with van der Waals surface area (Å²) >= 11 is 0. The summed E-state index contributed by atoms with van der Waals surface area (Å²) in [7, 11) is 0. The number of nitrogens with one attached hydrogen (secondary N) is 1. The van der Waals surface area contributed by atoms with Gasteiger partial charge in [0.05, 0.1) is 11.4 Å². The van der Waals surface area contributed by atoms with Crippen LogP contribution in [0.15, 0.2) is 24.3 Å². The van der Waals surface area contributed by atoms with Crippen LogP contribution in [-0.4, -0.2) is 27.5 Å². The lowest BCUT2D eigenvalue weighted by atomic mass is 10.1. The first kappa shape index (κ1) is 15.1. The van der Waals surface area contributed by atoms with E-state index < -0.39 is 0 Å². The number of carbonyl (C=O) groups excluding carboxylic acids is 1. The molecule has 2 rings (SSSR count). The minimum Gasteiger partial charge on any atom is -0.395 e. The zero-order chi connectivity index (χ0) is 15.4. The quantitative estimate of drug-likeness (QED) is 0.887. The SMILES string of the molecule is CCCN(Cc1ccc(C)cc1)C(=O)c1n[nH]c(C)c1N. The van der Waals surface area contributed by atoms with Crippen molar-refractivity contribution in [3.63, 3.8) is 0 Å². The highest BCUT2D eigenvalue weighted by molar-refractivity contribution is 5.97. The summed E-state index contributed by atoms with van der Waals surface area (Å²) in [6.45, 7) is 7.15. The van der Waals surface area contributed by atoms with E-state index in [1.165, 1.54) is 5.56 Å². The minimum atomic E-state index is -0.126. The summed E-state index contributed by atoms with van der Waals surface area (Å²) in [4.78, 5) is 14.4. The Balaban J connectivity index is 2.20. The van der Waals surface area contributed by atoms with Crippen molar-refractivity contribution in [1.82, 2.24) is 15.1 Å². The average molecular weight is 286 g/mol. The first-order valence-corrected chi connectivity index (χ1v) is 7.18. The first-order valence-electron chi connectivity index (χ1n) is 7.18. The summed E-state index contributed by atoms with van der Waals surface area (Å²) in [5, 5.41) is 6.80. The number of nitrogen functional groups attached to an aromatic ring is 1. The standard InChI is InChI=1S/C16H22N4O/c1-4-9-20(10-13-7-5-11(2)6-8-13)16(21)15-14(17)12(3)18-19-15/h5-8H,4,9-10,17H2,1-3H3,(H,18,19). The molecule has 21 heavy (non-hydrogen) atoms. The lowest BCUT2D eigenvalue weighted by molar-refractivity contribution is 0.0738. The molecule has 2 aromatic rings. The predicted octanol–water partition coefficient (Wildman–Crippen LogP) is 2.66. The van der Waals surface area contributed by atoms with Crippen LogP contribution < -0.4 is 5.73 Å². The highest BCUT2D eigenvalue weighted by Gasteiger charge is 2.21. The maximum Gasteiger partial charge on any atom is 0.276 e. The molecule has 0 atom stereocenters. The van der Waals surface area contributed by atoms with Gasteiger partial charge in [0.25, 0.3) is 5.91 Å². The normalized spacial score (nSPS) is 10.6. The summed E-state index contributed by atoms with van der Waals surface area (Å²) in [5.74, 6) is -0.126. The van der Waals surface area contributed by atoms with Crippen molar-refractivity contribution < 1.29 is 4.79 Å². The van der Waals surface area contributed by atoms with E-state index in [-0.39, 0.29) is 5.91 Å². The molecule has 0 aliphatic carbocycles. The van der Waals surface area contributed by atoms with Crippen LogP contribution in [0.3, 0.4) is 0 Å². The van der Waals surface area contributed by atoms with Gasteiger partial charge in [-0.1, -0.05) is 36.8 Å². The van der Waals surface area contributed by atoms with Crippen LogP contribution in [0.1, 0.15) is 40.7 Å². The molecule has 0 aliphatic heterocycles. The summed E-state index contributed by atoms with van der Waals surface area (Å²) in [6.07, 6.45) is 0.890. The van der Waals surface area contributed by atoms with E-state index in [9.17, 15) is 4.79 Å². The molecule has 3 N–H and O–H groups in total. The largest absolute Gasteiger partial charge is 0.395 e. The Morgan fingerprint density at radius 3 is 2.48 bits per heavy atom. The highest BCUT2D eigenvalue weighted by atomic mass is 16.2. The molecule has 0 saturated carbocycles. The molecule has 0 aliphatic rings. The number of aromatic nitrogens is 2. The maximum absolute atomic E-state index is 12.6. The van der Waals surface area contributed by atoms with Crippen molar-refractivity contribution in [2.75, 3.05) is 12.3 Å². The molecule has 0 spiro atoms. The third kappa shape index (κ3) is 3.42. The predicted molar refractivity (Wildman–Crippen MR) is 83.9 cm³/mol. The van der Waals surface area contributed by atoms with Crippen molar-refractivity contribution >= 4 is 11.6 Å². The van der Waals surface area contributed by atoms with Crippen molar-refractivity contribution in [2.24, 2.45) is 0 Å². The van der Waals surface area contributed by atoms with Gasteiger partial charge in [-0.15, -0.1) is 0 Å². The number of amides is 1. The van der Waals surface area contributed by atoms with Crippen molar-refractivity contribution in [2.45, 2.75) is 33.7 Å². The van der Waals surface area contributed by atoms with Gasteiger partial charge in [-0.05, 0) is 25.8 Å². The third-order valence-corrected chi connectivity index (χ3v) is 3.47. The number of rotatable bonds is 5. The number of carbonyl (C=O) groups is 1. The number of hydrogen-bond donors (Lipinski definition) is 2. The summed E-state index contributed by atoms with van der Waals surface area (Å²) in [5.41, 5.74) is 9.70. The molecule has 1 aromatic heterocycles. The summed E-state index contributed by atoms with van der Waals surface area (Å²) < 4.78 is 0. The van der Waals surface area contributed by atoms with E-state index in [1.54, 1.807) is 4.90 Å². The van der Waals surface area contributed by atoms with E-state index in [0.717, 1.165) is 17.7 Å². The number of nitrogens with zero attached hydrogens (tertiary/aromatic N) is 2. The number of H-pyrrole nitrogens is 1. The van der Waals surface area contributed by atoms with Gasteiger partial charge in [0.2, 0.25) is 0 Å². The van der Waals surface area contributed by atoms with Gasteiger partial charge >= 0.3 is 0 Å². The second-order valence-corrected chi connectivity index (χ2v) is 5.32. The Kier molecular flexibility index (Phi) is 4.62. The first-order chi connectivity index (χ1) is 10.0. The van der Waals surface area contributed by atoms with Crippen LogP contribution >= 0.6 is 0 Å². The van der Waals surface area contributed by atoms with E-state index in [0.29, 0.717) is 24.5 Å².